The summed E-state index contributed by atoms with van der Waals surface area (Å²) >= 11 is 3.05. The van der Waals surface area contributed by atoms with Crippen molar-refractivity contribution < 1.29 is 12.8 Å². The fourth-order valence-electron chi connectivity index (χ4n) is 2.99. The maximum atomic E-state index is 11.7. The fraction of sp³-hybridized carbons (Fsp3) is 0.316. The molecular weight excluding hydrogens is 442 g/mol. The van der Waals surface area contributed by atoms with Crippen LogP contribution in [0.2, 0.25) is 0 Å². The van der Waals surface area contributed by atoms with Gasteiger partial charge in [-0.1, -0.05) is 31.2 Å². The third-order valence-electron chi connectivity index (χ3n) is 4.55. The average Bonchev–Trinajstić information content (AvgIpc) is 3.44. The Hall–Kier alpha value is -2.21. The van der Waals surface area contributed by atoms with Crippen molar-refractivity contribution in [2.24, 2.45) is 5.14 Å². The number of nitrogens with two attached hydrogens (primary N) is 1. The number of primary sulfonamides is 1. The van der Waals surface area contributed by atoms with E-state index in [0.717, 1.165) is 34.9 Å². The highest BCUT2D eigenvalue weighted by Crippen LogP contribution is 2.37. The molecule has 0 aliphatic heterocycles. The van der Waals surface area contributed by atoms with Gasteiger partial charge in [0.25, 0.3) is 5.89 Å². The van der Waals surface area contributed by atoms with Crippen molar-refractivity contribution in [1.82, 2.24) is 19.7 Å². The first-order valence-corrected chi connectivity index (χ1v) is 12.7. The monoisotopic (exact) mass is 463 g/mol. The van der Waals surface area contributed by atoms with Crippen molar-refractivity contribution >= 4 is 44.2 Å². The van der Waals surface area contributed by atoms with Gasteiger partial charge in [0.15, 0.2) is 5.16 Å². The molecule has 2 N–H and O–H groups in total. The van der Waals surface area contributed by atoms with Gasteiger partial charge in [0, 0.05) is 6.54 Å². The zero-order chi connectivity index (χ0) is 21.3. The van der Waals surface area contributed by atoms with Crippen molar-refractivity contribution in [3.8, 4) is 10.8 Å². The standard InChI is InChI=1S/C19H21N5O3S3/c1-3-4-9-24-15-8-7-13(30(20,25)26)11-14(15)21-19(24)29-12(2)17-22-23-18(27-17)16-6-5-10-28-16/h5-8,10-12H,3-4,9H2,1-2H3,(H2,20,25,26)/t12-/m1/s1. The average molecular weight is 464 g/mol. The SMILES string of the molecule is CCCCn1c(S[C@H](C)c2nnc(-c3cccs3)o2)nc2cc(S(N)(=O)=O)ccc21. The minimum atomic E-state index is -3.79. The van der Waals surface area contributed by atoms with E-state index in [-0.39, 0.29) is 10.1 Å². The van der Waals surface area contributed by atoms with E-state index in [1.54, 1.807) is 17.4 Å². The van der Waals surface area contributed by atoms with E-state index in [2.05, 4.69) is 26.7 Å². The number of aryl methyl sites for hydroxylation is 1. The number of hydrogen-bond acceptors (Lipinski definition) is 8. The van der Waals surface area contributed by atoms with Crippen LogP contribution in [0.3, 0.4) is 0 Å². The summed E-state index contributed by atoms with van der Waals surface area (Å²) in [5.74, 6) is 1.02. The van der Waals surface area contributed by atoms with E-state index in [9.17, 15) is 8.42 Å². The minimum Gasteiger partial charge on any atom is -0.419 e. The molecule has 0 amide bonds. The molecule has 0 aliphatic rings. The number of benzene rings is 1. The van der Waals surface area contributed by atoms with Crippen LogP contribution in [0.1, 0.15) is 37.8 Å². The smallest absolute Gasteiger partial charge is 0.257 e. The highest BCUT2D eigenvalue weighted by Gasteiger charge is 2.21. The van der Waals surface area contributed by atoms with E-state index in [1.165, 1.54) is 23.9 Å². The molecule has 0 saturated carbocycles. The van der Waals surface area contributed by atoms with Crippen LogP contribution < -0.4 is 5.14 Å². The first-order chi connectivity index (χ1) is 14.4. The molecule has 0 aliphatic carbocycles. The molecular formula is C19H21N5O3S3. The van der Waals surface area contributed by atoms with Crippen LogP contribution in [0.15, 0.2) is 50.2 Å². The van der Waals surface area contributed by atoms with Crippen LogP contribution in [-0.2, 0) is 16.6 Å². The van der Waals surface area contributed by atoms with Crippen molar-refractivity contribution in [3.63, 3.8) is 0 Å². The number of nitrogens with zero attached hydrogens (tertiary/aromatic N) is 4. The summed E-state index contributed by atoms with van der Waals surface area (Å²) in [7, 11) is -3.79. The van der Waals surface area contributed by atoms with Gasteiger partial charge in [0.2, 0.25) is 15.9 Å². The van der Waals surface area contributed by atoms with Gasteiger partial charge in [-0.05, 0) is 43.0 Å². The molecule has 11 heteroatoms. The predicted octanol–water partition coefficient (Wildman–Crippen LogP) is 4.45. The number of rotatable bonds is 8. The Bertz CT molecular complexity index is 1260. The molecule has 3 heterocycles. The number of sulfonamides is 1. The number of unbranched alkanes of at least 4 members (excludes halogenated alkanes) is 1. The molecule has 0 bridgehead atoms. The van der Waals surface area contributed by atoms with Gasteiger partial charge in [-0.2, -0.15) is 0 Å². The second kappa shape index (κ2) is 8.50. The molecule has 8 nitrogen and oxygen atoms in total. The lowest BCUT2D eigenvalue weighted by Crippen LogP contribution is -2.11. The zero-order valence-corrected chi connectivity index (χ0v) is 18.9. The first kappa shape index (κ1) is 21.0. The molecule has 4 aromatic rings. The van der Waals surface area contributed by atoms with Crippen molar-refractivity contribution in [3.05, 3.63) is 41.6 Å². The summed E-state index contributed by atoms with van der Waals surface area (Å²) in [5.41, 5.74) is 1.47. The highest BCUT2D eigenvalue weighted by atomic mass is 32.2. The van der Waals surface area contributed by atoms with Crippen LogP contribution in [0, 0.1) is 0 Å². The highest BCUT2D eigenvalue weighted by molar-refractivity contribution is 7.99. The summed E-state index contributed by atoms with van der Waals surface area (Å²) in [6, 6.07) is 8.67. The molecule has 0 saturated heterocycles. The number of thioether (sulfide) groups is 1. The second-order valence-electron chi connectivity index (χ2n) is 6.78. The van der Waals surface area contributed by atoms with E-state index in [4.69, 9.17) is 9.56 Å². The van der Waals surface area contributed by atoms with Gasteiger partial charge in [-0.3, -0.25) is 0 Å². The number of fused-ring (bicyclic) bond motifs is 1. The van der Waals surface area contributed by atoms with Crippen LogP contribution >= 0.6 is 23.1 Å². The normalized spacial score (nSPS) is 13.2. The Balaban J connectivity index is 1.66. The largest absolute Gasteiger partial charge is 0.419 e. The molecule has 3 aromatic heterocycles. The van der Waals surface area contributed by atoms with Crippen LogP contribution in [0.25, 0.3) is 21.8 Å². The maximum absolute atomic E-state index is 11.7. The summed E-state index contributed by atoms with van der Waals surface area (Å²) in [5, 5.41) is 16.2. The summed E-state index contributed by atoms with van der Waals surface area (Å²) in [6.07, 6.45) is 2.01. The summed E-state index contributed by atoms with van der Waals surface area (Å²) in [6.45, 7) is 4.88. The fourth-order valence-corrected chi connectivity index (χ4v) is 5.15. The number of aromatic nitrogens is 4. The summed E-state index contributed by atoms with van der Waals surface area (Å²) < 4.78 is 31.4. The van der Waals surface area contributed by atoms with Crippen LogP contribution in [0.4, 0.5) is 0 Å². The maximum Gasteiger partial charge on any atom is 0.257 e. The van der Waals surface area contributed by atoms with E-state index in [1.807, 2.05) is 24.4 Å². The molecule has 158 valence electrons. The van der Waals surface area contributed by atoms with Crippen molar-refractivity contribution in [1.29, 1.82) is 0 Å². The van der Waals surface area contributed by atoms with Crippen LogP contribution in [-0.4, -0.2) is 28.2 Å². The lowest BCUT2D eigenvalue weighted by Gasteiger charge is -2.10. The Labute approximate surface area is 182 Å². The van der Waals surface area contributed by atoms with Crippen LogP contribution in [0.5, 0.6) is 0 Å². The third kappa shape index (κ3) is 4.29. The second-order valence-corrected chi connectivity index (χ2v) is 10.6. The van der Waals surface area contributed by atoms with Gasteiger partial charge in [0.1, 0.15) is 0 Å². The number of thiophene rings is 1. The van der Waals surface area contributed by atoms with E-state index in [0.29, 0.717) is 17.3 Å². The zero-order valence-electron chi connectivity index (χ0n) is 16.5. The Kier molecular flexibility index (Phi) is 5.96. The Morgan fingerprint density at radius 3 is 2.83 bits per heavy atom. The third-order valence-corrected chi connectivity index (χ3v) is 7.40. The van der Waals surface area contributed by atoms with Gasteiger partial charge >= 0.3 is 0 Å². The Morgan fingerprint density at radius 1 is 1.30 bits per heavy atom. The number of imidazole rings is 1. The lowest BCUT2D eigenvalue weighted by molar-refractivity contribution is 0.509. The minimum absolute atomic E-state index is 0.0530. The van der Waals surface area contributed by atoms with Gasteiger partial charge in [-0.25, -0.2) is 18.5 Å². The van der Waals surface area contributed by atoms with E-state index >= 15 is 0 Å². The quantitative estimate of drug-likeness (QED) is 0.384. The topological polar surface area (TPSA) is 117 Å². The molecule has 0 unspecified atom stereocenters. The summed E-state index contributed by atoms with van der Waals surface area (Å²) in [4.78, 5) is 5.66. The molecule has 0 radical (unpaired) electrons. The van der Waals surface area contributed by atoms with Crippen molar-refractivity contribution in [2.45, 2.75) is 48.5 Å². The molecule has 1 atom stereocenters. The molecule has 4 rings (SSSR count). The van der Waals surface area contributed by atoms with Gasteiger partial charge in [-0.15, -0.1) is 21.5 Å². The van der Waals surface area contributed by atoms with Gasteiger partial charge in [0.05, 0.1) is 26.1 Å². The number of hydrogen-bond donors (Lipinski definition) is 1. The molecule has 30 heavy (non-hydrogen) atoms. The first-order valence-electron chi connectivity index (χ1n) is 9.44. The Morgan fingerprint density at radius 2 is 2.13 bits per heavy atom. The molecule has 1 aromatic carbocycles. The van der Waals surface area contributed by atoms with Gasteiger partial charge < -0.3 is 8.98 Å². The van der Waals surface area contributed by atoms with E-state index < -0.39 is 10.0 Å². The van der Waals surface area contributed by atoms with Crippen molar-refractivity contribution in [2.75, 3.05) is 0 Å². The molecule has 0 fully saturated rings. The molecule has 0 spiro atoms. The lowest BCUT2D eigenvalue weighted by atomic mass is 10.3. The predicted molar refractivity (Wildman–Crippen MR) is 118 cm³/mol.